The van der Waals surface area contributed by atoms with Crippen LogP contribution in [0.3, 0.4) is 0 Å². The average Bonchev–Trinajstić information content (AvgIpc) is 3.11. The minimum absolute atomic E-state index is 0.116. The lowest BCUT2D eigenvalue weighted by atomic mass is 9.94. The molecule has 2 aromatic carbocycles. The summed E-state index contributed by atoms with van der Waals surface area (Å²) >= 11 is 0. The highest BCUT2D eigenvalue weighted by Gasteiger charge is 2.20. The number of phenols is 2. The van der Waals surface area contributed by atoms with Crippen LogP contribution in [-0.4, -0.2) is 33.8 Å². The molecule has 0 aliphatic heterocycles. The second kappa shape index (κ2) is 25.0. The standard InChI is InChI=1S/C40H62N4O6/c1-4-7-10-12-15-19-30-24-26-35(45)33(28-30)39(49)43-41-37(47)23-18-17-22-32(21-14-9-6-3)38(48)42-44-40(50)34-29-31(25-27-36(34)46)20-16-13-11-8-5-2/h24-29,32,45-46H,4-23H2,1-3H3,(H,41,47)(H,42,48)(H,43,49)(H,44,50). The van der Waals surface area contributed by atoms with Crippen molar-refractivity contribution in [2.24, 2.45) is 5.92 Å². The zero-order valence-corrected chi connectivity index (χ0v) is 30.7. The second-order valence-corrected chi connectivity index (χ2v) is 13.4. The zero-order chi connectivity index (χ0) is 36.6. The number of amides is 4. The summed E-state index contributed by atoms with van der Waals surface area (Å²) in [6, 6.07) is 10.0. The first-order valence-corrected chi connectivity index (χ1v) is 19.0. The van der Waals surface area contributed by atoms with Crippen LogP contribution in [0.25, 0.3) is 0 Å². The van der Waals surface area contributed by atoms with E-state index in [2.05, 4.69) is 42.5 Å². The number of hydrogen-bond donors (Lipinski definition) is 6. The first kappa shape index (κ1) is 42.1. The molecule has 0 fully saturated rings. The molecule has 0 aromatic heterocycles. The number of aromatic hydroxyl groups is 2. The van der Waals surface area contributed by atoms with E-state index < -0.39 is 11.8 Å². The maximum absolute atomic E-state index is 13.1. The fourth-order valence-corrected chi connectivity index (χ4v) is 5.97. The van der Waals surface area contributed by atoms with E-state index >= 15 is 0 Å². The number of unbranched alkanes of at least 4 members (excludes halogenated alkanes) is 11. The summed E-state index contributed by atoms with van der Waals surface area (Å²) in [5.74, 6) is -2.46. The molecule has 0 bridgehead atoms. The van der Waals surface area contributed by atoms with Crippen molar-refractivity contribution in [1.82, 2.24) is 21.7 Å². The molecule has 0 aliphatic rings. The Balaban J connectivity index is 1.81. The maximum Gasteiger partial charge on any atom is 0.273 e. The molecule has 1 unspecified atom stereocenters. The molecule has 0 radical (unpaired) electrons. The smallest absolute Gasteiger partial charge is 0.273 e. The lowest BCUT2D eigenvalue weighted by Gasteiger charge is -2.17. The molecule has 0 heterocycles. The van der Waals surface area contributed by atoms with E-state index in [-0.39, 0.29) is 46.8 Å². The van der Waals surface area contributed by atoms with Gasteiger partial charge in [0, 0.05) is 12.3 Å². The third-order valence-corrected chi connectivity index (χ3v) is 9.10. The molecular formula is C40H62N4O6. The number of phenolic OH excluding ortho intramolecular Hbond substituents is 2. The molecule has 0 spiro atoms. The molecule has 0 saturated heterocycles. The van der Waals surface area contributed by atoms with Crippen LogP contribution in [0, 0.1) is 5.92 Å². The Morgan fingerprint density at radius 3 is 1.48 bits per heavy atom. The number of hydrazine groups is 2. The van der Waals surface area contributed by atoms with Gasteiger partial charge in [-0.1, -0.05) is 110 Å². The summed E-state index contributed by atoms with van der Waals surface area (Å²) in [5, 5.41) is 20.5. The van der Waals surface area contributed by atoms with E-state index in [1.165, 1.54) is 50.7 Å². The largest absolute Gasteiger partial charge is 0.507 e. The highest BCUT2D eigenvalue weighted by atomic mass is 16.3. The number of hydrogen-bond acceptors (Lipinski definition) is 6. The number of benzene rings is 2. The molecule has 10 nitrogen and oxygen atoms in total. The minimum atomic E-state index is -0.583. The Kier molecular flexibility index (Phi) is 21.0. The Morgan fingerprint density at radius 2 is 0.980 bits per heavy atom. The predicted molar refractivity (Wildman–Crippen MR) is 198 cm³/mol. The van der Waals surface area contributed by atoms with E-state index in [4.69, 9.17) is 0 Å². The lowest BCUT2D eigenvalue weighted by Crippen LogP contribution is -2.44. The van der Waals surface area contributed by atoms with Crippen LogP contribution in [0.4, 0.5) is 0 Å². The van der Waals surface area contributed by atoms with Gasteiger partial charge in [-0.25, -0.2) is 0 Å². The van der Waals surface area contributed by atoms with E-state index in [1.54, 1.807) is 12.1 Å². The van der Waals surface area contributed by atoms with Gasteiger partial charge in [-0.05, 0) is 80.3 Å². The van der Waals surface area contributed by atoms with Crippen LogP contribution >= 0.6 is 0 Å². The fourth-order valence-electron chi connectivity index (χ4n) is 5.97. The van der Waals surface area contributed by atoms with Crippen molar-refractivity contribution in [2.75, 3.05) is 0 Å². The highest BCUT2D eigenvalue weighted by molar-refractivity contribution is 5.98. The third kappa shape index (κ3) is 16.5. The Hall–Kier alpha value is -4.08. The fraction of sp³-hybridized carbons (Fsp3) is 0.600. The molecule has 0 aliphatic carbocycles. The molecule has 2 aromatic rings. The molecule has 1 atom stereocenters. The summed E-state index contributed by atoms with van der Waals surface area (Å²) in [4.78, 5) is 51.2. The number of carbonyl (C=O) groups excluding carboxylic acids is 4. The van der Waals surface area contributed by atoms with Crippen LogP contribution in [0.1, 0.15) is 168 Å². The first-order chi connectivity index (χ1) is 24.2. The number of nitrogens with one attached hydrogen (secondary N) is 4. The average molecular weight is 695 g/mol. The van der Waals surface area contributed by atoms with E-state index in [9.17, 15) is 29.4 Å². The van der Waals surface area contributed by atoms with Gasteiger partial charge >= 0.3 is 0 Å². The molecule has 0 saturated carbocycles. The predicted octanol–water partition coefficient (Wildman–Crippen LogP) is 8.10. The molecule has 10 heteroatoms. The van der Waals surface area contributed by atoms with Crippen molar-refractivity contribution in [2.45, 2.75) is 149 Å². The molecule has 2 rings (SSSR count). The van der Waals surface area contributed by atoms with Crippen LogP contribution in [0.5, 0.6) is 11.5 Å². The minimum Gasteiger partial charge on any atom is -0.507 e. The first-order valence-electron chi connectivity index (χ1n) is 19.0. The van der Waals surface area contributed by atoms with Crippen LogP contribution in [0.2, 0.25) is 0 Å². The summed E-state index contributed by atoms with van der Waals surface area (Å²) in [5.41, 5.74) is 12.0. The van der Waals surface area contributed by atoms with Gasteiger partial charge in [-0.3, -0.25) is 40.9 Å². The van der Waals surface area contributed by atoms with Gasteiger partial charge in [-0.2, -0.15) is 0 Å². The lowest BCUT2D eigenvalue weighted by molar-refractivity contribution is -0.126. The summed E-state index contributed by atoms with van der Waals surface area (Å²) < 4.78 is 0. The SMILES string of the molecule is CCCCCCCc1ccc(O)c(C(=O)NNC(=O)CCCCC(CCCCC)C(=O)NNC(=O)c2cc(CCCCCCC)ccc2O)c1. The highest BCUT2D eigenvalue weighted by Crippen LogP contribution is 2.22. The number of carbonyl (C=O) groups is 4. The summed E-state index contributed by atoms with van der Waals surface area (Å²) in [6.45, 7) is 6.44. The Morgan fingerprint density at radius 1 is 0.540 bits per heavy atom. The van der Waals surface area contributed by atoms with Crippen molar-refractivity contribution in [3.05, 3.63) is 58.7 Å². The van der Waals surface area contributed by atoms with Gasteiger partial charge in [0.05, 0.1) is 11.1 Å². The van der Waals surface area contributed by atoms with Gasteiger partial charge in [0.2, 0.25) is 11.8 Å². The van der Waals surface area contributed by atoms with Crippen molar-refractivity contribution in [3.63, 3.8) is 0 Å². The van der Waals surface area contributed by atoms with E-state index in [1.807, 2.05) is 12.1 Å². The molecule has 278 valence electrons. The topological polar surface area (TPSA) is 157 Å². The Labute approximate surface area is 299 Å². The normalized spacial score (nSPS) is 11.5. The second-order valence-electron chi connectivity index (χ2n) is 13.4. The van der Waals surface area contributed by atoms with Crippen molar-refractivity contribution in [1.29, 1.82) is 0 Å². The van der Waals surface area contributed by atoms with E-state index in [0.29, 0.717) is 25.7 Å². The van der Waals surface area contributed by atoms with E-state index in [0.717, 1.165) is 68.9 Å². The van der Waals surface area contributed by atoms with Gasteiger partial charge in [0.15, 0.2) is 0 Å². The van der Waals surface area contributed by atoms with Crippen LogP contribution < -0.4 is 21.7 Å². The molecule has 6 N–H and O–H groups in total. The summed E-state index contributed by atoms with van der Waals surface area (Å²) in [6.07, 6.45) is 18.3. The van der Waals surface area contributed by atoms with Crippen LogP contribution in [-0.2, 0) is 22.4 Å². The summed E-state index contributed by atoms with van der Waals surface area (Å²) in [7, 11) is 0. The zero-order valence-electron chi connectivity index (χ0n) is 30.7. The van der Waals surface area contributed by atoms with Gasteiger partial charge in [0.1, 0.15) is 11.5 Å². The van der Waals surface area contributed by atoms with Crippen molar-refractivity contribution < 1.29 is 29.4 Å². The Bertz CT molecular complexity index is 1330. The maximum atomic E-state index is 13.1. The quantitative estimate of drug-likeness (QED) is 0.0482. The van der Waals surface area contributed by atoms with Crippen molar-refractivity contribution >= 4 is 23.6 Å². The van der Waals surface area contributed by atoms with Gasteiger partial charge in [-0.15, -0.1) is 0 Å². The monoisotopic (exact) mass is 694 g/mol. The van der Waals surface area contributed by atoms with Gasteiger partial charge < -0.3 is 10.2 Å². The molecule has 50 heavy (non-hydrogen) atoms. The third-order valence-electron chi connectivity index (χ3n) is 9.10. The van der Waals surface area contributed by atoms with Crippen LogP contribution in [0.15, 0.2) is 36.4 Å². The van der Waals surface area contributed by atoms with Gasteiger partial charge in [0.25, 0.3) is 11.8 Å². The molecule has 4 amide bonds. The number of aryl methyl sites for hydroxylation is 2. The number of rotatable bonds is 24. The van der Waals surface area contributed by atoms with Crippen molar-refractivity contribution in [3.8, 4) is 11.5 Å². The molecular weight excluding hydrogens is 632 g/mol.